The van der Waals surface area contributed by atoms with Gasteiger partial charge in [-0.05, 0) is 36.6 Å². The highest BCUT2D eigenvalue weighted by Crippen LogP contribution is 2.24. The Morgan fingerprint density at radius 3 is 2.23 bits per heavy atom. The minimum Gasteiger partial charge on any atom is -0.481 e. The topological polar surface area (TPSA) is 131 Å². The number of carbonyl (C=O) groups excluding carboxylic acids is 1. The zero-order valence-electron chi connectivity index (χ0n) is 13.9. The van der Waals surface area contributed by atoms with Crippen LogP contribution in [0.2, 0.25) is 0 Å². The van der Waals surface area contributed by atoms with Crippen molar-refractivity contribution in [3.63, 3.8) is 0 Å². The molecular formula is C17H17NO7S. The Balaban J connectivity index is 2.63. The fraction of sp³-hybridized carbons (Fsp3) is 0.235. The van der Waals surface area contributed by atoms with E-state index >= 15 is 0 Å². The lowest BCUT2D eigenvalue weighted by Crippen LogP contribution is -2.15. The van der Waals surface area contributed by atoms with Crippen LogP contribution in [-0.4, -0.2) is 40.8 Å². The van der Waals surface area contributed by atoms with Gasteiger partial charge < -0.3 is 10.2 Å². The molecule has 138 valence electrons. The molecule has 0 atom stereocenters. The largest absolute Gasteiger partial charge is 0.481 e. The molecule has 1 aromatic carbocycles. The summed E-state index contributed by atoms with van der Waals surface area (Å²) in [4.78, 5) is 33.4. The number of benzene rings is 1. The Hall–Kier alpha value is -2.94. The van der Waals surface area contributed by atoms with Gasteiger partial charge in [-0.3, -0.25) is 14.4 Å². The van der Waals surface area contributed by atoms with E-state index in [0.717, 1.165) is 15.7 Å². The number of aldehydes is 1. The molecule has 2 aromatic rings. The molecule has 0 aliphatic carbocycles. The molecule has 0 bridgehead atoms. The molecule has 0 saturated carbocycles. The van der Waals surface area contributed by atoms with Crippen LogP contribution in [0.4, 0.5) is 0 Å². The Bertz CT molecular complexity index is 956. The minimum absolute atomic E-state index is 0.0622. The molecule has 0 fully saturated rings. The van der Waals surface area contributed by atoms with Gasteiger partial charge in [-0.2, -0.15) is 0 Å². The van der Waals surface area contributed by atoms with Crippen LogP contribution in [0.5, 0.6) is 0 Å². The molecule has 0 aliphatic heterocycles. The van der Waals surface area contributed by atoms with E-state index in [0.29, 0.717) is 6.29 Å². The van der Waals surface area contributed by atoms with Crippen molar-refractivity contribution in [2.24, 2.45) is 0 Å². The van der Waals surface area contributed by atoms with Crippen LogP contribution in [0.15, 0.2) is 35.4 Å². The van der Waals surface area contributed by atoms with Crippen molar-refractivity contribution < 1.29 is 33.0 Å². The third kappa shape index (κ3) is 3.99. The van der Waals surface area contributed by atoms with Crippen molar-refractivity contribution in [1.29, 1.82) is 0 Å². The summed E-state index contributed by atoms with van der Waals surface area (Å²) >= 11 is 0. The number of carboxylic acid groups (broad SMARTS) is 2. The Morgan fingerprint density at radius 2 is 1.73 bits per heavy atom. The lowest BCUT2D eigenvalue weighted by atomic mass is 10.0. The van der Waals surface area contributed by atoms with Crippen molar-refractivity contribution in [1.82, 2.24) is 3.97 Å². The van der Waals surface area contributed by atoms with Gasteiger partial charge in [0.05, 0.1) is 11.3 Å². The first-order chi connectivity index (χ1) is 12.2. The number of aromatic nitrogens is 1. The quantitative estimate of drug-likeness (QED) is 0.664. The van der Waals surface area contributed by atoms with Gasteiger partial charge in [0, 0.05) is 12.6 Å². The molecule has 0 spiro atoms. The van der Waals surface area contributed by atoms with E-state index in [1.54, 1.807) is 19.1 Å². The molecule has 2 rings (SSSR count). The molecular weight excluding hydrogens is 362 g/mol. The van der Waals surface area contributed by atoms with Gasteiger partial charge in [0.25, 0.3) is 10.0 Å². The van der Waals surface area contributed by atoms with Crippen LogP contribution < -0.4 is 0 Å². The summed E-state index contributed by atoms with van der Waals surface area (Å²) in [6, 6.07) is 5.96. The fourth-order valence-electron chi connectivity index (χ4n) is 2.57. The maximum absolute atomic E-state index is 12.9. The van der Waals surface area contributed by atoms with E-state index in [1.807, 2.05) is 0 Å². The smallest absolute Gasteiger partial charge is 0.307 e. The third-order valence-electron chi connectivity index (χ3n) is 3.83. The average Bonchev–Trinajstić information content (AvgIpc) is 2.90. The number of carbonyl (C=O) groups is 3. The van der Waals surface area contributed by atoms with Gasteiger partial charge in [-0.15, -0.1) is 0 Å². The SMILES string of the molecule is Cc1ccc(S(=O)(=O)n2cc(CC(=O)O)c(CCC(=O)O)c2C=O)cc1. The molecule has 0 radical (unpaired) electrons. The molecule has 0 saturated heterocycles. The second-order valence-electron chi connectivity index (χ2n) is 5.71. The van der Waals surface area contributed by atoms with Crippen LogP contribution in [0.3, 0.4) is 0 Å². The average molecular weight is 379 g/mol. The highest BCUT2D eigenvalue weighted by atomic mass is 32.2. The van der Waals surface area contributed by atoms with Crippen molar-refractivity contribution in [2.45, 2.75) is 31.1 Å². The Morgan fingerprint density at radius 1 is 1.12 bits per heavy atom. The Labute approximate surface area is 149 Å². The summed E-state index contributed by atoms with van der Waals surface area (Å²) in [7, 11) is -4.13. The minimum atomic E-state index is -4.13. The number of hydrogen-bond donors (Lipinski definition) is 2. The van der Waals surface area contributed by atoms with Crippen LogP contribution >= 0.6 is 0 Å². The van der Waals surface area contributed by atoms with E-state index in [2.05, 4.69) is 0 Å². The first-order valence-corrected chi connectivity index (χ1v) is 9.05. The maximum atomic E-state index is 12.9. The lowest BCUT2D eigenvalue weighted by molar-refractivity contribution is -0.137. The van der Waals surface area contributed by atoms with Gasteiger partial charge in [-0.25, -0.2) is 12.4 Å². The molecule has 1 heterocycles. The van der Waals surface area contributed by atoms with Gasteiger partial charge in [-0.1, -0.05) is 17.7 Å². The van der Waals surface area contributed by atoms with Crippen molar-refractivity contribution in [2.75, 3.05) is 0 Å². The molecule has 0 aliphatic rings. The molecule has 8 nitrogen and oxygen atoms in total. The number of aliphatic carboxylic acids is 2. The molecule has 1 aromatic heterocycles. The normalized spacial score (nSPS) is 11.3. The fourth-order valence-corrected chi connectivity index (χ4v) is 3.95. The monoisotopic (exact) mass is 379 g/mol. The predicted octanol–water partition coefficient (Wildman–Crippen LogP) is 1.49. The summed E-state index contributed by atoms with van der Waals surface area (Å²) in [5.41, 5.74) is 0.792. The summed E-state index contributed by atoms with van der Waals surface area (Å²) in [6.45, 7) is 1.79. The number of aryl methyl sites for hydroxylation is 1. The van der Waals surface area contributed by atoms with Gasteiger partial charge >= 0.3 is 11.9 Å². The molecule has 0 unspecified atom stereocenters. The van der Waals surface area contributed by atoms with E-state index in [4.69, 9.17) is 10.2 Å². The maximum Gasteiger partial charge on any atom is 0.307 e. The number of nitrogens with zero attached hydrogens (tertiary/aromatic N) is 1. The molecule has 26 heavy (non-hydrogen) atoms. The third-order valence-corrected chi connectivity index (χ3v) is 5.52. The van der Waals surface area contributed by atoms with E-state index in [9.17, 15) is 22.8 Å². The van der Waals surface area contributed by atoms with Crippen LogP contribution in [-0.2, 0) is 32.5 Å². The number of rotatable bonds is 8. The summed E-state index contributed by atoms with van der Waals surface area (Å²) in [5.74, 6) is -2.36. The lowest BCUT2D eigenvalue weighted by Gasteiger charge is -2.08. The summed E-state index contributed by atoms with van der Waals surface area (Å²) in [6.07, 6.45) is 0.342. The van der Waals surface area contributed by atoms with Crippen LogP contribution in [0.25, 0.3) is 0 Å². The van der Waals surface area contributed by atoms with Crippen molar-refractivity contribution in [3.8, 4) is 0 Å². The van der Waals surface area contributed by atoms with Gasteiger partial charge in [0.15, 0.2) is 6.29 Å². The zero-order chi connectivity index (χ0) is 19.5. The van der Waals surface area contributed by atoms with Crippen molar-refractivity contribution >= 4 is 28.2 Å². The highest BCUT2D eigenvalue weighted by Gasteiger charge is 2.26. The van der Waals surface area contributed by atoms with E-state index in [-0.39, 0.29) is 34.6 Å². The molecule has 2 N–H and O–H groups in total. The van der Waals surface area contributed by atoms with Crippen LogP contribution in [0, 0.1) is 6.92 Å². The van der Waals surface area contributed by atoms with E-state index in [1.165, 1.54) is 12.1 Å². The van der Waals surface area contributed by atoms with Crippen LogP contribution in [0.1, 0.15) is 33.6 Å². The second kappa shape index (κ2) is 7.52. The van der Waals surface area contributed by atoms with Gasteiger partial charge in [0.2, 0.25) is 0 Å². The summed E-state index contributed by atoms with van der Waals surface area (Å²) in [5, 5.41) is 17.9. The zero-order valence-corrected chi connectivity index (χ0v) is 14.7. The number of hydrogen-bond acceptors (Lipinski definition) is 5. The van der Waals surface area contributed by atoms with Gasteiger partial charge in [0.1, 0.15) is 5.69 Å². The Kier molecular flexibility index (Phi) is 5.61. The first-order valence-electron chi connectivity index (χ1n) is 7.61. The molecule has 0 amide bonds. The summed E-state index contributed by atoms with van der Waals surface area (Å²) < 4.78 is 26.4. The standard InChI is InChI=1S/C17H17NO7S/c1-11-2-4-13(5-3-11)26(24,25)18-9-12(8-17(22)23)14(15(18)10-19)6-7-16(20)21/h2-5,9-10H,6-8H2,1H3,(H,20,21)(H,22,23). The van der Waals surface area contributed by atoms with Crippen molar-refractivity contribution in [3.05, 3.63) is 52.8 Å². The van der Waals surface area contributed by atoms with E-state index < -0.39 is 28.4 Å². The second-order valence-corrected chi connectivity index (χ2v) is 7.53. The first kappa shape index (κ1) is 19.4. The predicted molar refractivity (Wildman–Crippen MR) is 90.9 cm³/mol. The molecule has 9 heteroatoms. The highest BCUT2D eigenvalue weighted by molar-refractivity contribution is 7.90. The number of carboxylic acids is 2.